The van der Waals surface area contributed by atoms with Crippen molar-refractivity contribution in [3.63, 3.8) is 0 Å². The van der Waals surface area contributed by atoms with Gasteiger partial charge in [0.25, 0.3) is 5.69 Å². The molecule has 0 N–H and O–H groups in total. The molecular weight excluding hydrogens is 359 g/mol. The summed E-state index contributed by atoms with van der Waals surface area (Å²) in [5.74, 6) is 0.467. The van der Waals surface area contributed by atoms with E-state index in [0.29, 0.717) is 17.0 Å². The third kappa shape index (κ3) is 2.30. The van der Waals surface area contributed by atoms with E-state index in [1.165, 1.54) is 12.1 Å². The van der Waals surface area contributed by atoms with Gasteiger partial charge in [-0.15, -0.1) is 0 Å². The molecule has 0 aliphatic rings. The lowest BCUT2D eigenvalue weighted by Crippen LogP contribution is -1.86. The molecule has 1 heterocycles. The van der Waals surface area contributed by atoms with E-state index >= 15 is 0 Å². The smallest absolute Gasteiger partial charge is 0.271 e. The first kappa shape index (κ1) is 12.1. The van der Waals surface area contributed by atoms with Gasteiger partial charge < -0.3 is 4.42 Å². The first-order valence-corrected chi connectivity index (χ1v) is 6.52. The van der Waals surface area contributed by atoms with Crippen LogP contribution in [-0.2, 0) is 0 Å². The topological polar surface area (TPSA) is 69.2 Å². The zero-order valence-corrected chi connectivity index (χ0v) is 11.7. The Morgan fingerprint density at radius 2 is 2.05 bits per heavy atom. The molecule has 0 saturated carbocycles. The first-order chi connectivity index (χ1) is 9.13. The van der Waals surface area contributed by atoms with Crippen LogP contribution in [0.2, 0.25) is 0 Å². The zero-order valence-electron chi connectivity index (χ0n) is 9.54. The van der Waals surface area contributed by atoms with Crippen LogP contribution in [0.25, 0.3) is 22.6 Å². The Morgan fingerprint density at radius 3 is 2.79 bits per heavy atom. The third-order valence-electron chi connectivity index (χ3n) is 2.65. The number of hydrogen-bond acceptors (Lipinski definition) is 4. The summed E-state index contributed by atoms with van der Waals surface area (Å²) in [5.41, 5.74) is 1.89. The van der Waals surface area contributed by atoms with E-state index in [1.54, 1.807) is 6.07 Å². The van der Waals surface area contributed by atoms with Crippen molar-refractivity contribution in [1.82, 2.24) is 4.98 Å². The molecule has 0 spiro atoms. The van der Waals surface area contributed by atoms with Gasteiger partial charge in [0, 0.05) is 21.3 Å². The number of halogens is 1. The van der Waals surface area contributed by atoms with Gasteiger partial charge in [-0.3, -0.25) is 10.1 Å². The summed E-state index contributed by atoms with van der Waals surface area (Å²) in [6.07, 6.45) is 0. The van der Waals surface area contributed by atoms with Crippen LogP contribution in [0.1, 0.15) is 0 Å². The molecule has 0 fully saturated rings. The van der Waals surface area contributed by atoms with E-state index in [9.17, 15) is 10.1 Å². The number of benzene rings is 2. The molecule has 0 bridgehead atoms. The van der Waals surface area contributed by atoms with Crippen molar-refractivity contribution in [2.24, 2.45) is 0 Å². The minimum atomic E-state index is -0.445. The fraction of sp³-hybridized carbons (Fsp3) is 0. The summed E-state index contributed by atoms with van der Waals surface area (Å²) in [4.78, 5) is 14.6. The van der Waals surface area contributed by atoms with Gasteiger partial charge in [0.1, 0.15) is 5.52 Å². The van der Waals surface area contributed by atoms with Crippen molar-refractivity contribution >= 4 is 39.4 Å². The third-order valence-corrected chi connectivity index (χ3v) is 3.32. The van der Waals surface area contributed by atoms with Gasteiger partial charge in [0.05, 0.1) is 4.92 Å². The molecule has 0 saturated heterocycles. The minimum Gasteiger partial charge on any atom is -0.436 e. The Morgan fingerprint density at radius 1 is 1.21 bits per heavy atom. The van der Waals surface area contributed by atoms with Gasteiger partial charge in [0.15, 0.2) is 5.58 Å². The number of aromatic nitrogens is 1. The zero-order chi connectivity index (χ0) is 13.4. The van der Waals surface area contributed by atoms with E-state index in [0.717, 1.165) is 9.13 Å². The number of rotatable bonds is 2. The molecule has 0 aliphatic heterocycles. The Labute approximate surface area is 121 Å². The van der Waals surface area contributed by atoms with E-state index in [-0.39, 0.29) is 5.69 Å². The fourth-order valence-corrected chi connectivity index (χ4v) is 2.32. The first-order valence-electron chi connectivity index (χ1n) is 5.44. The molecule has 0 atom stereocenters. The molecule has 6 heteroatoms. The van der Waals surface area contributed by atoms with Gasteiger partial charge in [-0.25, -0.2) is 4.98 Å². The van der Waals surface area contributed by atoms with Crippen LogP contribution in [-0.4, -0.2) is 9.91 Å². The van der Waals surface area contributed by atoms with Crippen molar-refractivity contribution in [3.8, 4) is 11.5 Å². The molecule has 94 valence electrons. The number of hydrogen-bond donors (Lipinski definition) is 0. The lowest BCUT2D eigenvalue weighted by Gasteiger charge is -1.94. The Bertz CT molecular complexity index is 782. The lowest BCUT2D eigenvalue weighted by molar-refractivity contribution is -0.384. The lowest BCUT2D eigenvalue weighted by atomic mass is 10.2. The maximum atomic E-state index is 10.7. The monoisotopic (exact) mass is 366 g/mol. The molecule has 5 nitrogen and oxygen atoms in total. The van der Waals surface area contributed by atoms with Crippen LogP contribution < -0.4 is 0 Å². The fourth-order valence-electron chi connectivity index (χ4n) is 1.77. The molecular formula is C13H7IN2O3. The van der Waals surface area contributed by atoms with Gasteiger partial charge >= 0.3 is 0 Å². The highest BCUT2D eigenvalue weighted by Crippen LogP contribution is 2.27. The molecule has 0 radical (unpaired) electrons. The van der Waals surface area contributed by atoms with E-state index in [4.69, 9.17) is 4.42 Å². The maximum absolute atomic E-state index is 10.7. The van der Waals surface area contributed by atoms with Gasteiger partial charge in [-0.2, -0.15) is 0 Å². The highest BCUT2D eigenvalue weighted by Gasteiger charge is 2.12. The molecule has 2 aromatic carbocycles. The predicted octanol–water partition coefficient (Wildman–Crippen LogP) is 4.01. The highest BCUT2D eigenvalue weighted by atomic mass is 127. The minimum absolute atomic E-state index is 0.00925. The Kier molecular flexibility index (Phi) is 2.94. The summed E-state index contributed by atoms with van der Waals surface area (Å²) in [5, 5.41) is 10.7. The largest absolute Gasteiger partial charge is 0.436 e. The summed E-state index contributed by atoms with van der Waals surface area (Å²) >= 11 is 2.21. The number of nitro benzene ring substituents is 1. The molecule has 0 amide bonds. The number of oxazole rings is 1. The molecule has 0 unspecified atom stereocenters. The average Bonchev–Trinajstić information content (AvgIpc) is 2.81. The highest BCUT2D eigenvalue weighted by molar-refractivity contribution is 14.1. The van der Waals surface area contributed by atoms with Crippen molar-refractivity contribution in [1.29, 1.82) is 0 Å². The van der Waals surface area contributed by atoms with Crippen molar-refractivity contribution in [2.45, 2.75) is 0 Å². The summed E-state index contributed by atoms with van der Waals surface area (Å²) in [6.45, 7) is 0. The Hall–Kier alpha value is -1.96. The van der Waals surface area contributed by atoms with Crippen LogP contribution in [0.5, 0.6) is 0 Å². The van der Waals surface area contributed by atoms with Gasteiger partial charge in [-0.1, -0.05) is 6.07 Å². The van der Waals surface area contributed by atoms with E-state index in [2.05, 4.69) is 27.6 Å². The van der Waals surface area contributed by atoms with Crippen molar-refractivity contribution in [3.05, 3.63) is 56.1 Å². The van der Waals surface area contributed by atoms with Crippen LogP contribution in [0, 0.1) is 13.7 Å². The number of nitrogens with zero attached hydrogens (tertiary/aromatic N) is 2. The van der Waals surface area contributed by atoms with E-state index < -0.39 is 4.92 Å². The molecule has 0 aliphatic carbocycles. The second-order valence-corrected chi connectivity index (χ2v) is 5.18. The summed E-state index contributed by atoms with van der Waals surface area (Å²) in [7, 11) is 0. The average molecular weight is 366 g/mol. The molecule has 1 aromatic heterocycles. The van der Waals surface area contributed by atoms with Crippen LogP contribution >= 0.6 is 22.6 Å². The van der Waals surface area contributed by atoms with Crippen LogP contribution in [0.3, 0.4) is 0 Å². The number of non-ortho nitro benzene ring substituents is 1. The van der Waals surface area contributed by atoms with Gasteiger partial charge in [-0.05, 0) is 46.9 Å². The number of fused-ring (bicyclic) bond motifs is 1. The quantitative estimate of drug-likeness (QED) is 0.391. The Balaban J connectivity index is 2.14. The molecule has 3 aromatic rings. The standard InChI is InChI=1S/C13H7IN2O3/c14-9-3-1-2-8(6-9)13-15-11-7-10(16(17)18)4-5-12(11)19-13/h1-7H. The van der Waals surface area contributed by atoms with Crippen LogP contribution in [0.15, 0.2) is 46.9 Å². The van der Waals surface area contributed by atoms with Gasteiger partial charge in [0.2, 0.25) is 5.89 Å². The molecule has 3 rings (SSSR count). The van der Waals surface area contributed by atoms with E-state index in [1.807, 2.05) is 24.3 Å². The van der Waals surface area contributed by atoms with Crippen molar-refractivity contribution < 1.29 is 9.34 Å². The predicted molar refractivity (Wildman–Crippen MR) is 78.8 cm³/mol. The SMILES string of the molecule is O=[N+]([O-])c1ccc2oc(-c3cccc(I)c3)nc2c1. The number of nitro groups is 1. The molecule has 19 heavy (non-hydrogen) atoms. The van der Waals surface area contributed by atoms with Crippen molar-refractivity contribution in [2.75, 3.05) is 0 Å². The summed E-state index contributed by atoms with van der Waals surface area (Å²) < 4.78 is 6.68. The second kappa shape index (κ2) is 4.61. The summed E-state index contributed by atoms with van der Waals surface area (Å²) in [6, 6.07) is 12.1. The maximum Gasteiger partial charge on any atom is 0.271 e. The van der Waals surface area contributed by atoms with Crippen LogP contribution in [0.4, 0.5) is 5.69 Å². The normalized spacial score (nSPS) is 10.8. The second-order valence-electron chi connectivity index (χ2n) is 3.94.